The number of nitrogens with one attached hydrogen (secondary N) is 1. The van der Waals surface area contributed by atoms with Gasteiger partial charge in [0.1, 0.15) is 5.72 Å². The highest BCUT2D eigenvalue weighted by atomic mass is 16.5. The predicted octanol–water partition coefficient (Wildman–Crippen LogP) is 2.83. The van der Waals surface area contributed by atoms with Crippen molar-refractivity contribution in [1.82, 2.24) is 5.32 Å². The summed E-state index contributed by atoms with van der Waals surface area (Å²) in [6.07, 6.45) is 12.2. The standard InChI is InChI=1S/C13H23NO/c1-2-4-6-13(7-5-3-1)14-10-12(8-9-12)11-15-13/h14H,1-11H2. The van der Waals surface area contributed by atoms with Gasteiger partial charge >= 0.3 is 0 Å². The molecule has 86 valence electrons. The Kier molecular flexibility index (Phi) is 2.52. The van der Waals surface area contributed by atoms with Crippen LogP contribution in [-0.4, -0.2) is 18.9 Å². The van der Waals surface area contributed by atoms with Crippen molar-refractivity contribution in [1.29, 1.82) is 0 Å². The maximum Gasteiger partial charge on any atom is 0.119 e. The summed E-state index contributed by atoms with van der Waals surface area (Å²) in [5, 5.41) is 3.73. The minimum Gasteiger partial charge on any atom is -0.360 e. The second-order valence-corrected chi connectivity index (χ2v) is 5.90. The van der Waals surface area contributed by atoms with E-state index in [9.17, 15) is 0 Å². The summed E-state index contributed by atoms with van der Waals surface area (Å²) in [6.45, 7) is 2.24. The monoisotopic (exact) mass is 209 g/mol. The summed E-state index contributed by atoms with van der Waals surface area (Å²) in [6, 6.07) is 0. The molecule has 0 aromatic rings. The summed E-state index contributed by atoms with van der Waals surface area (Å²) in [7, 11) is 0. The highest BCUT2D eigenvalue weighted by Crippen LogP contribution is 2.49. The molecule has 1 heterocycles. The van der Waals surface area contributed by atoms with Crippen LogP contribution in [0.15, 0.2) is 0 Å². The molecule has 0 amide bonds. The average Bonchev–Trinajstić information content (AvgIpc) is 2.97. The number of rotatable bonds is 0. The molecule has 0 bridgehead atoms. The van der Waals surface area contributed by atoms with Gasteiger partial charge in [-0.3, -0.25) is 5.32 Å². The van der Waals surface area contributed by atoms with Crippen LogP contribution >= 0.6 is 0 Å². The second-order valence-electron chi connectivity index (χ2n) is 5.90. The fourth-order valence-electron chi connectivity index (χ4n) is 3.04. The lowest BCUT2D eigenvalue weighted by Crippen LogP contribution is -2.55. The van der Waals surface area contributed by atoms with Crippen molar-refractivity contribution in [3.8, 4) is 0 Å². The fourth-order valence-corrected chi connectivity index (χ4v) is 3.04. The van der Waals surface area contributed by atoms with Crippen LogP contribution in [0.3, 0.4) is 0 Å². The molecule has 0 aromatic carbocycles. The lowest BCUT2D eigenvalue weighted by atomic mass is 9.91. The zero-order valence-corrected chi connectivity index (χ0v) is 9.69. The van der Waals surface area contributed by atoms with E-state index in [2.05, 4.69) is 5.32 Å². The van der Waals surface area contributed by atoms with Crippen LogP contribution in [0.4, 0.5) is 0 Å². The van der Waals surface area contributed by atoms with Crippen LogP contribution in [-0.2, 0) is 4.74 Å². The lowest BCUT2D eigenvalue weighted by molar-refractivity contribution is -0.135. The van der Waals surface area contributed by atoms with E-state index in [1.54, 1.807) is 0 Å². The molecule has 0 atom stereocenters. The molecule has 0 unspecified atom stereocenters. The van der Waals surface area contributed by atoms with Gasteiger partial charge in [-0.25, -0.2) is 0 Å². The second kappa shape index (κ2) is 3.74. The van der Waals surface area contributed by atoms with E-state index in [-0.39, 0.29) is 5.72 Å². The van der Waals surface area contributed by atoms with Crippen LogP contribution in [0.1, 0.15) is 57.8 Å². The molecule has 1 N–H and O–H groups in total. The average molecular weight is 209 g/mol. The molecular weight excluding hydrogens is 186 g/mol. The first-order chi connectivity index (χ1) is 7.33. The Morgan fingerprint density at radius 2 is 1.47 bits per heavy atom. The summed E-state index contributed by atoms with van der Waals surface area (Å²) in [4.78, 5) is 0. The summed E-state index contributed by atoms with van der Waals surface area (Å²) >= 11 is 0. The van der Waals surface area contributed by atoms with E-state index >= 15 is 0 Å². The molecule has 3 fully saturated rings. The molecule has 0 radical (unpaired) electrons. The SMILES string of the molecule is C1CCCC2(CCC1)NCC1(CC1)CO2. The largest absolute Gasteiger partial charge is 0.360 e. The van der Waals surface area contributed by atoms with Crippen LogP contribution in [0.25, 0.3) is 0 Å². The zero-order valence-electron chi connectivity index (χ0n) is 9.69. The van der Waals surface area contributed by atoms with E-state index in [0.717, 1.165) is 6.61 Å². The third kappa shape index (κ3) is 2.07. The minimum atomic E-state index is 0.0776. The Hall–Kier alpha value is -0.0800. The first-order valence-corrected chi connectivity index (χ1v) is 6.72. The van der Waals surface area contributed by atoms with Crippen LogP contribution in [0.2, 0.25) is 0 Å². The van der Waals surface area contributed by atoms with Gasteiger partial charge in [-0.2, -0.15) is 0 Å². The first-order valence-electron chi connectivity index (χ1n) is 6.72. The zero-order chi connectivity index (χ0) is 10.2. The number of ether oxygens (including phenoxy) is 1. The van der Waals surface area contributed by atoms with Gasteiger partial charge in [0.15, 0.2) is 0 Å². The molecule has 15 heavy (non-hydrogen) atoms. The van der Waals surface area contributed by atoms with Gasteiger partial charge in [-0.1, -0.05) is 19.3 Å². The maximum absolute atomic E-state index is 6.21. The Bertz CT molecular complexity index is 215. The van der Waals surface area contributed by atoms with E-state index < -0.39 is 0 Å². The van der Waals surface area contributed by atoms with Gasteiger partial charge in [0.2, 0.25) is 0 Å². The van der Waals surface area contributed by atoms with Crippen molar-refractivity contribution >= 4 is 0 Å². The first kappa shape index (κ1) is 10.1. The lowest BCUT2D eigenvalue weighted by Gasteiger charge is -2.43. The quantitative estimate of drug-likeness (QED) is 0.662. The fraction of sp³-hybridized carbons (Fsp3) is 1.00. The molecule has 3 aliphatic rings. The van der Waals surface area contributed by atoms with Crippen LogP contribution in [0, 0.1) is 5.41 Å². The third-order valence-electron chi connectivity index (χ3n) is 4.56. The Balaban J connectivity index is 1.61. The van der Waals surface area contributed by atoms with Crippen molar-refractivity contribution in [2.75, 3.05) is 13.2 Å². The van der Waals surface area contributed by atoms with Gasteiger partial charge in [0, 0.05) is 12.0 Å². The summed E-state index contributed by atoms with van der Waals surface area (Å²) < 4.78 is 6.21. The van der Waals surface area contributed by atoms with Crippen molar-refractivity contribution in [3.63, 3.8) is 0 Å². The molecule has 0 aromatic heterocycles. The van der Waals surface area contributed by atoms with Gasteiger partial charge in [-0.05, 0) is 38.5 Å². The Morgan fingerprint density at radius 1 is 0.800 bits per heavy atom. The molecular formula is C13H23NO. The molecule has 1 saturated heterocycles. The van der Waals surface area contributed by atoms with Crippen molar-refractivity contribution < 1.29 is 4.74 Å². The molecule has 2 nitrogen and oxygen atoms in total. The van der Waals surface area contributed by atoms with E-state index in [1.165, 1.54) is 64.3 Å². The van der Waals surface area contributed by atoms with Gasteiger partial charge < -0.3 is 4.74 Å². The van der Waals surface area contributed by atoms with Gasteiger partial charge in [0.25, 0.3) is 0 Å². The topological polar surface area (TPSA) is 21.3 Å². The molecule has 1 aliphatic heterocycles. The number of hydrogen-bond acceptors (Lipinski definition) is 2. The molecule has 2 heteroatoms. The van der Waals surface area contributed by atoms with E-state index in [0.29, 0.717) is 5.41 Å². The van der Waals surface area contributed by atoms with Crippen molar-refractivity contribution in [2.45, 2.75) is 63.5 Å². The molecule has 2 aliphatic carbocycles. The highest BCUT2D eigenvalue weighted by Gasteiger charge is 2.49. The molecule has 3 rings (SSSR count). The Labute approximate surface area is 92.8 Å². The van der Waals surface area contributed by atoms with Gasteiger partial charge in [0.05, 0.1) is 6.61 Å². The molecule has 2 saturated carbocycles. The minimum absolute atomic E-state index is 0.0776. The van der Waals surface area contributed by atoms with E-state index in [1.807, 2.05) is 0 Å². The van der Waals surface area contributed by atoms with Crippen LogP contribution in [0.5, 0.6) is 0 Å². The third-order valence-corrected chi connectivity index (χ3v) is 4.56. The number of hydrogen-bond donors (Lipinski definition) is 1. The van der Waals surface area contributed by atoms with Crippen molar-refractivity contribution in [2.24, 2.45) is 5.41 Å². The summed E-state index contributed by atoms with van der Waals surface area (Å²) in [5.41, 5.74) is 0.641. The van der Waals surface area contributed by atoms with Crippen molar-refractivity contribution in [3.05, 3.63) is 0 Å². The summed E-state index contributed by atoms with van der Waals surface area (Å²) in [5.74, 6) is 0. The Morgan fingerprint density at radius 3 is 2.00 bits per heavy atom. The van der Waals surface area contributed by atoms with E-state index in [4.69, 9.17) is 4.74 Å². The normalized spacial score (nSPS) is 33.6. The van der Waals surface area contributed by atoms with Gasteiger partial charge in [-0.15, -0.1) is 0 Å². The highest BCUT2D eigenvalue weighted by molar-refractivity contribution is 5.00. The molecule has 2 spiro atoms. The smallest absolute Gasteiger partial charge is 0.119 e. The predicted molar refractivity (Wildman–Crippen MR) is 60.7 cm³/mol. The van der Waals surface area contributed by atoms with Crippen LogP contribution < -0.4 is 5.32 Å². The maximum atomic E-state index is 6.21.